The van der Waals surface area contributed by atoms with E-state index in [4.69, 9.17) is 16.0 Å². The number of rotatable bonds is 6. The first-order chi connectivity index (χ1) is 9.24. The first-order valence-corrected chi connectivity index (χ1v) is 10.5. The van der Waals surface area contributed by atoms with Crippen LogP contribution in [0.15, 0.2) is 36.4 Å². The highest BCUT2D eigenvalue weighted by atomic mass is 35.5. The van der Waals surface area contributed by atoms with Crippen molar-refractivity contribution >= 4 is 19.9 Å². The summed E-state index contributed by atoms with van der Waals surface area (Å²) in [6.45, 7) is 12.2. The molecule has 0 atom stereocenters. The molecule has 1 aromatic carbocycles. The van der Waals surface area contributed by atoms with Gasteiger partial charge >= 0.3 is 0 Å². The molecule has 1 nitrogen and oxygen atoms in total. The molecule has 0 N–H and O–H groups in total. The summed E-state index contributed by atoms with van der Waals surface area (Å²) in [6.07, 6.45) is 6.23. The molecule has 0 aromatic heterocycles. The lowest BCUT2D eigenvalue weighted by Crippen LogP contribution is -2.40. The lowest BCUT2D eigenvalue weighted by atomic mass is 10.1. The van der Waals surface area contributed by atoms with Crippen LogP contribution in [-0.4, -0.2) is 14.9 Å². The fourth-order valence-electron chi connectivity index (χ4n) is 1.59. The van der Waals surface area contributed by atoms with Crippen molar-refractivity contribution in [2.75, 3.05) is 6.61 Å². The third kappa shape index (κ3) is 5.43. The van der Waals surface area contributed by atoms with Gasteiger partial charge in [0.1, 0.15) is 0 Å². The lowest BCUT2D eigenvalue weighted by Gasteiger charge is -2.36. The van der Waals surface area contributed by atoms with Gasteiger partial charge in [0.15, 0.2) is 8.32 Å². The van der Waals surface area contributed by atoms with Crippen LogP contribution in [0.25, 0.3) is 0 Å². The number of benzene rings is 1. The summed E-state index contributed by atoms with van der Waals surface area (Å²) in [7, 11) is -1.59. The number of allylic oxidation sites excluding steroid dienone is 1. The maximum atomic E-state index is 6.13. The Morgan fingerprint density at radius 3 is 2.40 bits per heavy atom. The van der Waals surface area contributed by atoms with Gasteiger partial charge in [-0.2, -0.15) is 0 Å². The summed E-state index contributed by atoms with van der Waals surface area (Å²) in [4.78, 5) is 0. The van der Waals surface area contributed by atoms with E-state index in [-0.39, 0.29) is 5.04 Å². The molecule has 0 fully saturated rings. The maximum absolute atomic E-state index is 6.13. The minimum Gasteiger partial charge on any atom is -0.417 e. The van der Waals surface area contributed by atoms with E-state index in [1.54, 1.807) is 0 Å². The summed E-state index contributed by atoms with van der Waals surface area (Å²) < 4.78 is 6.13. The molecule has 0 aliphatic heterocycles. The Bertz CT molecular complexity index is 447. The van der Waals surface area contributed by atoms with Crippen molar-refractivity contribution in [2.24, 2.45) is 0 Å². The molecule has 0 aliphatic rings. The molecule has 0 aliphatic carbocycles. The van der Waals surface area contributed by atoms with Crippen LogP contribution < -0.4 is 0 Å². The van der Waals surface area contributed by atoms with Gasteiger partial charge in [-0.05, 0) is 42.6 Å². The van der Waals surface area contributed by atoms with Crippen molar-refractivity contribution in [1.29, 1.82) is 0 Å². The van der Waals surface area contributed by atoms with Gasteiger partial charge in [0, 0.05) is 11.6 Å². The Hall–Kier alpha value is -0.573. The van der Waals surface area contributed by atoms with Gasteiger partial charge in [-0.25, -0.2) is 0 Å². The van der Waals surface area contributed by atoms with E-state index >= 15 is 0 Å². The Morgan fingerprint density at radius 1 is 1.15 bits per heavy atom. The predicted octanol–water partition coefficient (Wildman–Crippen LogP) is 5.85. The van der Waals surface area contributed by atoms with Crippen LogP contribution in [0.5, 0.6) is 0 Å². The van der Waals surface area contributed by atoms with E-state index in [2.05, 4.69) is 52.1 Å². The molecular formula is C17H27ClOSi. The summed E-state index contributed by atoms with van der Waals surface area (Å²) in [5.41, 5.74) is 1.18. The van der Waals surface area contributed by atoms with Crippen molar-refractivity contribution in [3.8, 4) is 0 Å². The molecule has 1 aromatic rings. The molecule has 0 unspecified atom stereocenters. The van der Waals surface area contributed by atoms with E-state index in [1.807, 2.05) is 18.2 Å². The average molecular weight is 311 g/mol. The van der Waals surface area contributed by atoms with Crippen molar-refractivity contribution in [3.05, 3.63) is 47.0 Å². The third-order valence-electron chi connectivity index (χ3n) is 4.02. The Kier molecular flexibility index (Phi) is 6.50. The van der Waals surface area contributed by atoms with E-state index in [9.17, 15) is 0 Å². The number of hydrogen-bond donors (Lipinski definition) is 0. The van der Waals surface area contributed by atoms with Crippen LogP contribution in [0, 0.1) is 0 Å². The quantitative estimate of drug-likeness (QED) is 0.364. The zero-order valence-corrected chi connectivity index (χ0v) is 15.1. The fraction of sp³-hybridized carbons (Fsp3) is 0.529. The topological polar surface area (TPSA) is 9.23 Å². The maximum Gasteiger partial charge on any atom is 0.191 e. The largest absolute Gasteiger partial charge is 0.417 e. The Labute approximate surface area is 130 Å². The molecule has 112 valence electrons. The van der Waals surface area contributed by atoms with Gasteiger partial charge in [0.2, 0.25) is 0 Å². The molecule has 0 heterocycles. The van der Waals surface area contributed by atoms with Crippen molar-refractivity contribution in [3.63, 3.8) is 0 Å². The lowest BCUT2D eigenvalue weighted by molar-refractivity contribution is 0.294. The van der Waals surface area contributed by atoms with Crippen LogP contribution >= 0.6 is 11.6 Å². The Morgan fingerprint density at radius 2 is 1.80 bits per heavy atom. The molecule has 0 saturated carbocycles. The second-order valence-electron chi connectivity index (χ2n) is 6.66. The van der Waals surface area contributed by atoms with Crippen molar-refractivity contribution in [1.82, 2.24) is 0 Å². The minimum atomic E-state index is -1.59. The van der Waals surface area contributed by atoms with Crippen LogP contribution in [0.1, 0.15) is 32.8 Å². The van der Waals surface area contributed by atoms with E-state index in [1.165, 1.54) is 5.56 Å². The van der Waals surface area contributed by atoms with Crippen LogP contribution in [0.4, 0.5) is 0 Å². The van der Waals surface area contributed by atoms with Gasteiger partial charge in [0.25, 0.3) is 0 Å². The zero-order valence-electron chi connectivity index (χ0n) is 13.4. The number of halogens is 1. The predicted molar refractivity (Wildman–Crippen MR) is 92.1 cm³/mol. The molecule has 0 spiro atoms. The summed E-state index contributed by atoms with van der Waals surface area (Å²) in [6, 6.07) is 7.99. The normalized spacial score (nSPS) is 13.1. The standard InChI is InChI=1S/C17H27ClOSi/c1-17(2,3)20(4,5)19-14-10-6-7-11-15-12-8-9-13-16(15)18/h6-9,12-13H,10-11,14H2,1-5H3. The van der Waals surface area contributed by atoms with Crippen LogP contribution in [-0.2, 0) is 10.8 Å². The van der Waals surface area contributed by atoms with Crippen LogP contribution in [0.3, 0.4) is 0 Å². The summed E-state index contributed by atoms with van der Waals surface area (Å²) >= 11 is 6.12. The highest BCUT2D eigenvalue weighted by Crippen LogP contribution is 2.36. The highest BCUT2D eigenvalue weighted by molar-refractivity contribution is 6.74. The smallest absolute Gasteiger partial charge is 0.191 e. The fourth-order valence-corrected chi connectivity index (χ4v) is 2.86. The van der Waals surface area contributed by atoms with Gasteiger partial charge in [-0.15, -0.1) is 0 Å². The molecule has 0 bridgehead atoms. The average Bonchev–Trinajstić information content (AvgIpc) is 2.34. The molecule has 0 amide bonds. The Balaban J connectivity index is 2.32. The molecule has 0 saturated heterocycles. The minimum absolute atomic E-state index is 0.286. The molecular weight excluding hydrogens is 284 g/mol. The van der Waals surface area contributed by atoms with E-state index < -0.39 is 8.32 Å². The van der Waals surface area contributed by atoms with Gasteiger partial charge < -0.3 is 4.43 Å². The van der Waals surface area contributed by atoms with Crippen molar-refractivity contribution < 1.29 is 4.43 Å². The first kappa shape index (κ1) is 17.5. The second kappa shape index (κ2) is 7.44. The summed E-state index contributed by atoms with van der Waals surface area (Å²) in [5.74, 6) is 0. The SMILES string of the molecule is CC(C)(C)[Si](C)(C)OCCC=CCc1ccccc1Cl. The first-order valence-electron chi connectivity index (χ1n) is 7.26. The molecule has 20 heavy (non-hydrogen) atoms. The summed E-state index contributed by atoms with van der Waals surface area (Å²) in [5, 5.41) is 1.13. The van der Waals surface area contributed by atoms with Gasteiger partial charge in [-0.3, -0.25) is 0 Å². The second-order valence-corrected chi connectivity index (χ2v) is 11.9. The van der Waals surface area contributed by atoms with Gasteiger partial charge in [-0.1, -0.05) is 62.7 Å². The van der Waals surface area contributed by atoms with Crippen LogP contribution in [0.2, 0.25) is 23.2 Å². The highest BCUT2D eigenvalue weighted by Gasteiger charge is 2.36. The van der Waals surface area contributed by atoms with E-state index in [0.717, 1.165) is 24.5 Å². The monoisotopic (exact) mass is 310 g/mol. The molecule has 0 radical (unpaired) electrons. The van der Waals surface area contributed by atoms with Gasteiger partial charge in [0.05, 0.1) is 0 Å². The number of hydrogen-bond acceptors (Lipinski definition) is 1. The molecule has 1 rings (SSSR count). The van der Waals surface area contributed by atoms with E-state index in [0.29, 0.717) is 0 Å². The van der Waals surface area contributed by atoms with Crippen molar-refractivity contribution in [2.45, 2.75) is 51.7 Å². The zero-order chi connectivity index (χ0) is 15.2. The third-order valence-corrected chi connectivity index (χ3v) is 8.92. The molecule has 3 heteroatoms.